The van der Waals surface area contributed by atoms with Crippen molar-refractivity contribution in [3.63, 3.8) is 0 Å². The fourth-order valence-electron chi connectivity index (χ4n) is 1.68. The maximum absolute atomic E-state index is 12.0. The van der Waals surface area contributed by atoms with Gasteiger partial charge in [-0.1, -0.05) is 19.9 Å². The summed E-state index contributed by atoms with van der Waals surface area (Å²) in [6.45, 7) is 4.22. The van der Waals surface area contributed by atoms with Gasteiger partial charge in [-0.15, -0.1) is 0 Å². The van der Waals surface area contributed by atoms with Gasteiger partial charge >= 0.3 is 0 Å². The van der Waals surface area contributed by atoms with Gasteiger partial charge in [-0.25, -0.2) is 0 Å². The van der Waals surface area contributed by atoms with Gasteiger partial charge in [-0.3, -0.25) is 9.36 Å². The van der Waals surface area contributed by atoms with Crippen molar-refractivity contribution in [3.8, 4) is 0 Å². The van der Waals surface area contributed by atoms with Crippen LogP contribution in [-0.4, -0.2) is 9.55 Å². The SMILES string of the molecule is CC(C)c1ccc2[nH]c(=S)n(C)c(=O)c2c1. The topological polar surface area (TPSA) is 37.8 Å². The third-order valence-electron chi connectivity index (χ3n) is 2.79. The molecule has 0 radical (unpaired) electrons. The highest BCUT2D eigenvalue weighted by atomic mass is 32.1. The molecule has 0 atom stereocenters. The van der Waals surface area contributed by atoms with E-state index < -0.39 is 0 Å². The lowest BCUT2D eigenvalue weighted by Gasteiger charge is -2.07. The van der Waals surface area contributed by atoms with Crippen LogP contribution >= 0.6 is 12.2 Å². The van der Waals surface area contributed by atoms with Gasteiger partial charge in [0.25, 0.3) is 5.56 Å². The zero-order chi connectivity index (χ0) is 11.9. The maximum Gasteiger partial charge on any atom is 0.261 e. The van der Waals surface area contributed by atoms with Crippen LogP contribution in [0.15, 0.2) is 23.0 Å². The summed E-state index contributed by atoms with van der Waals surface area (Å²) in [5.41, 5.74) is 1.92. The van der Waals surface area contributed by atoms with Gasteiger partial charge in [0.05, 0.1) is 10.9 Å². The maximum atomic E-state index is 12.0. The molecule has 0 aliphatic carbocycles. The Kier molecular flexibility index (Phi) is 2.68. The van der Waals surface area contributed by atoms with Gasteiger partial charge in [0.15, 0.2) is 4.77 Å². The molecule has 2 aromatic rings. The second-order valence-corrected chi connectivity index (χ2v) is 4.64. The number of hydrogen-bond donors (Lipinski definition) is 1. The van der Waals surface area contributed by atoms with E-state index in [1.807, 2.05) is 18.2 Å². The van der Waals surface area contributed by atoms with Crippen LogP contribution in [0.1, 0.15) is 25.3 Å². The fraction of sp³-hybridized carbons (Fsp3) is 0.333. The summed E-state index contributed by atoms with van der Waals surface area (Å²) in [7, 11) is 1.68. The number of fused-ring (bicyclic) bond motifs is 1. The Morgan fingerprint density at radius 3 is 2.69 bits per heavy atom. The summed E-state index contributed by atoms with van der Waals surface area (Å²) < 4.78 is 1.91. The summed E-state index contributed by atoms with van der Waals surface area (Å²) in [5, 5.41) is 0.697. The molecule has 0 spiro atoms. The summed E-state index contributed by atoms with van der Waals surface area (Å²) in [4.78, 5) is 15.0. The van der Waals surface area contributed by atoms with Crippen LogP contribution < -0.4 is 5.56 Å². The van der Waals surface area contributed by atoms with Crippen molar-refractivity contribution >= 4 is 23.1 Å². The average Bonchev–Trinajstić information content (AvgIpc) is 2.25. The lowest BCUT2D eigenvalue weighted by atomic mass is 10.0. The van der Waals surface area contributed by atoms with Crippen LogP contribution in [0.5, 0.6) is 0 Å². The first-order valence-electron chi connectivity index (χ1n) is 5.23. The monoisotopic (exact) mass is 234 g/mol. The second kappa shape index (κ2) is 3.87. The highest BCUT2D eigenvalue weighted by Crippen LogP contribution is 2.17. The zero-order valence-corrected chi connectivity index (χ0v) is 10.4. The van der Waals surface area contributed by atoms with Crippen molar-refractivity contribution < 1.29 is 0 Å². The molecule has 0 unspecified atom stereocenters. The summed E-state index contributed by atoms with van der Waals surface area (Å²) in [6, 6.07) is 5.88. The molecule has 0 saturated carbocycles. The van der Waals surface area contributed by atoms with Gasteiger partial charge in [0.1, 0.15) is 0 Å². The Hall–Kier alpha value is -1.42. The van der Waals surface area contributed by atoms with E-state index in [1.165, 1.54) is 4.57 Å². The van der Waals surface area contributed by atoms with Gasteiger partial charge in [-0.2, -0.15) is 0 Å². The van der Waals surface area contributed by atoms with Crippen molar-refractivity contribution in [1.29, 1.82) is 0 Å². The first kappa shape index (κ1) is 11.1. The summed E-state index contributed by atoms with van der Waals surface area (Å²) in [5.74, 6) is 0.414. The smallest absolute Gasteiger partial charge is 0.261 e. The summed E-state index contributed by atoms with van der Waals surface area (Å²) >= 11 is 5.06. The molecule has 0 aliphatic rings. The minimum atomic E-state index is -0.0405. The normalized spacial score (nSPS) is 11.2. The number of benzene rings is 1. The molecule has 0 saturated heterocycles. The molecular weight excluding hydrogens is 220 g/mol. The van der Waals surface area contributed by atoms with E-state index in [0.29, 0.717) is 16.1 Å². The molecule has 1 aromatic carbocycles. The van der Waals surface area contributed by atoms with Crippen LogP contribution in [0.3, 0.4) is 0 Å². The quantitative estimate of drug-likeness (QED) is 0.770. The van der Waals surface area contributed by atoms with E-state index in [-0.39, 0.29) is 5.56 Å². The molecule has 0 bridgehead atoms. The van der Waals surface area contributed by atoms with E-state index in [0.717, 1.165) is 11.1 Å². The molecule has 1 aromatic heterocycles. The number of rotatable bonds is 1. The van der Waals surface area contributed by atoms with Gasteiger partial charge in [-0.05, 0) is 35.8 Å². The van der Waals surface area contributed by atoms with Crippen LogP contribution in [0.25, 0.3) is 10.9 Å². The van der Waals surface area contributed by atoms with E-state index >= 15 is 0 Å². The third kappa shape index (κ3) is 1.69. The number of aromatic nitrogens is 2. The van der Waals surface area contributed by atoms with E-state index in [2.05, 4.69) is 18.8 Å². The molecule has 3 nitrogen and oxygen atoms in total. The first-order chi connectivity index (χ1) is 7.50. The van der Waals surface area contributed by atoms with Crippen molar-refractivity contribution in [2.24, 2.45) is 7.05 Å². The molecule has 0 aliphatic heterocycles. The zero-order valence-electron chi connectivity index (χ0n) is 9.57. The molecule has 84 valence electrons. The van der Waals surface area contributed by atoms with Crippen molar-refractivity contribution in [3.05, 3.63) is 38.9 Å². The number of H-pyrrole nitrogens is 1. The third-order valence-corrected chi connectivity index (χ3v) is 3.17. The molecule has 1 heterocycles. The Morgan fingerprint density at radius 2 is 2.06 bits per heavy atom. The van der Waals surface area contributed by atoms with Gasteiger partial charge < -0.3 is 4.98 Å². The Labute approximate surface area is 98.7 Å². The van der Waals surface area contributed by atoms with E-state index in [9.17, 15) is 4.79 Å². The van der Waals surface area contributed by atoms with Gasteiger partial charge in [0, 0.05) is 7.05 Å². The largest absolute Gasteiger partial charge is 0.332 e. The molecule has 4 heteroatoms. The number of nitrogens with one attached hydrogen (secondary N) is 1. The molecule has 16 heavy (non-hydrogen) atoms. The predicted molar refractivity (Wildman–Crippen MR) is 68.5 cm³/mol. The van der Waals surface area contributed by atoms with Crippen molar-refractivity contribution in [2.75, 3.05) is 0 Å². The van der Waals surface area contributed by atoms with Gasteiger partial charge in [0.2, 0.25) is 0 Å². The standard InChI is InChI=1S/C12H14N2OS/c1-7(2)8-4-5-10-9(6-8)11(15)14(3)12(16)13-10/h4-7H,1-3H3,(H,13,16). The summed E-state index contributed by atoms with van der Waals surface area (Å²) in [6.07, 6.45) is 0. The van der Waals surface area contributed by atoms with E-state index in [1.54, 1.807) is 7.05 Å². The highest BCUT2D eigenvalue weighted by Gasteiger charge is 2.05. The van der Waals surface area contributed by atoms with Crippen LogP contribution in [0.4, 0.5) is 0 Å². The highest BCUT2D eigenvalue weighted by molar-refractivity contribution is 7.71. The molecule has 1 N–H and O–H groups in total. The van der Waals surface area contributed by atoms with Crippen LogP contribution in [0.2, 0.25) is 0 Å². The molecular formula is C12H14N2OS. The Bertz CT molecular complexity index is 652. The number of aromatic amines is 1. The Morgan fingerprint density at radius 1 is 1.38 bits per heavy atom. The second-order valence-electron chi connectivity index (χ2n) is 4.25. The minimum absolute atomic E-state index is 0.0405. The lowest BCUT2D eigenvalue weighted by Crippen LogP contribution is -2.18. The number of hydrogen-bond acceptors (Lipinski definition) is 2. The molecule has 2 rings (SSSR count). The van der Waals surface area contributed by atoms with Crippen molar-refractivity contribution in [1.82, 2.24) is 9.55 Å². The first-order valence-corrected chi connectivity index (χ1v) is 5.64. The Balaban J connectivity index is 2.89. The van der Waals surface area contributed by atoms with Crippen LogP contribution in [-0.2, 0) is 7.05 Å². The van der Waals surface area contributed by atoms with Crippen molar-refractivity contribution in [2.45, 2.75) is 19.8 Å². The fourth-order valence-corrected chi connectivity index (χ4v) is 1.87. The predicted octanol–water partition coefficient (Wildman–Crippen LogP) is 2.72. The molecule has 0 amide bonds. The molecule has 0 fully saturated rings. The van der Waals surface area contributed by atoms with Crippen LogP contribution in [0, 0.1) is 4.77 Å². The number of nitrogens with zero attached hydrogens (tertiary/aromatic N) is 1. The average molecular weight is 234 g/mol. The lowest BCUT2D eigenvalue weighted by molar-refractivity contribution is 0.821. The van der Waals surface area contributed by atoms with E-state index in [4.69, 9.17) is 12.2 Å². The minimum Gasteiger partial charge on any atom is -0.332 e.